The number of fused-ring (bicyclic) bond motifs is 1. The van der Waals surface area contributed by atoms with Gasteiger partial charge < -0.3 is 20.3 Å². The molecule has 7 nitrogen and oxygen atoms in total. The standard InChI is InChI=1S/C33H35FN4O3/c1-22-11-14-30(32(39)36-22)38-20-25-17-26(12-13-27(25)33(38)40)41-31-21-37(19-24-9-5-6-10-28(24)34)16-15-29(31)35-18-23-7-3-2-4-8-23/h2-10,12-13,17,29-31,35H,1,11,14-16,18-21H2,(H,36,39). The van der Waals surface area contributed by atoms with Gasteiger partial charge in [-0.05, 0) is 54.7 Å². The van der Waals surface area contributed by atoms with Gasteiger partial charge in [-0.25, -0.2) is 4.39 Å². The van der Waals surface area contributed by atoms with Crippen molar-refractivity contribution >= 4 is 11.8 Å². The summed E-state index contributed by atoms with van der Waals surface area (Å²) in [6, 6.07) is 22.3. The number of likely N-dealkylation sites (tertiary alicyclic amines) is 1. The van der Waals surface area contributed by atoms with E-state index in [1.165, 1.54) is 11.6 Å². The Balaban J connectivity index is 1.18. The highest BCUT2D eigenvalue weighted by Gasteiger charge is 2.38. The Morgan fingerprint density at radius 2 is 1.83 bits per heavy atom. The average Bonchev–Trinajstić information content (AvgIpc) is 3.29. The molecule has 3 aliphatic heterocycles. The molecule has 8 heteroatoms. The third kappa shape index (κ3) is 6.04. The van der Waals surface area contributed by atoms with Gasteiger partial charge in [0.25, 0.3) is 5.91 Å². The van der Waals surface area contributed by atoms with Gasteiger partial charge in [0.1, 0.15) is 23.7 Å². The second-order valence-corrected chi connectivity index (χ2v) is 11.1. The topological polar surface area (TPSA) is 73.9 Å². The summed E-state index contributed by atoms with van der Waals surface area (Å²) >= 11 is 0. The van der Waals surface area contributed by atoms with Crippen molar-refractivity contribution < 1.29 is 18.7 Å². The molecule has 0 saturated carbocycles. The molecular formula is C33H35FN4O3. The first-order valence-electron chi connectivity index (χ1n) is 14.3. The van der Waals surface area contributed by atoms with Crippen LogP contribution >= 0.6 is 0 Å². The molecule has 3 aliphatic rings. The molecule has 41 heavy (non-hydrogen) atoms. The van der Waals surface area contributed by atoms with Crippen LogP contribution in [0, 0.1) is 5.82 Å². The van der Waals surface area contributed by atoms with Crippen molar-refractivity contribution in [2.75, 3.05) is 13.1 Å². The monoisotopic (exact) mass is 554 g/mol. The summed E-state index contributed by atoms with van der Waals surface area (Å²) < 4.78 is 21.0. The van der Waals surface area contributed by atoms with E-state index >= 15 is 0 Å². The summed E-state index contributed by atoms with van der Waals surface area (Å²) in [5.74, 6) is 0.181. The van der Waals surface area contributed by atoms with Gasteiger partial charge in [0.15, 0.2) is 0 Å². The highest BCUT2D eigenvalue weighted by Crippen LogP contribution is 2.32. The number of rotatable bonds is 8. The summed E-state index contributed by atoms with van der Waals surface area (Å²) in [5.41, 5.74) is 4.04. The summed E-state index contributed by atoms with van der Waals surface area (Å²) in [4.78, 5) is 29.6. The molecule has 0 bridgehead atoms. The zero-order valence-corrected chi connectivity index (χ0v) is 23.0. The molecule has 3 atom stereocenters. The molecule has 0 spiro atoms. The largest absolute Gasteiger partial charge is 0.487 e. The molecule has 3 unspecified atom stereocenters. The highest BCUT2D eigenvalue weighted by atomic mass is 19.1. The molecular weight excluding hydrogens is 519 g/mol. The van der Waals surface area contributed by atoms with E-state index in [9.17, 15) is 14.0 Å². The van der Waals surface area contributed by atoms with E-state index in [0.29, 0.717) is 55.0 Å². The number of piperidine rings is 2. The zero-order valence-electron chi connectivity index (χ0n) is 23.0. The van der Waals surface area contributed by atoms with E-state index in [1.807, 2.05) is 42.5 Å². The molecule has 3 heterocycles. The van der Waals surface area contributed by atoms with Crippen LogP contribution in [-0.4, -0.2) is 52.9 Å². The number of carbonyl (C=O) groups is 2. The zero-order chi connectivity index (χ0) is 28.3. The molecule has 3 aromatic rings. The quantitative estimate of drug-likeness (QED) is 0.432. The van der Waals surface area contributed by atoms with Gasteiger partial charge in [0, 0.05) is 55.6 Å². The van der Waals surface area contributed by atoms with Crippen LogP contribution in [0.3, 0.4) is 0 Å². The molecule has 0 aliphatic carbocycles. The van der Waals surface area contributed by atoms with Crippen LogP contribution in [0.1, 0.15) is 46.3 Å². The minimum absolute atomic E-state index is 0.0949. The van der Waals surface area contributed by atoms with Crippen molar-refractivity contribution in [1.29, 1.82) is 0 Å². The Labute approximate surface area is 240 Å². The van der Waals surface area contributed by atoms with Crippen molar-refractivity contribution in [2.24, 2.45) is 0 Å². The van der Waals surface area contributed by atoms with Crippen LogP contribution in [0.5, 0.6) is 5.75 Å². The van der Waals surface area contributed by atoms with E-state index in [1.54, 1.807) is 17.0 Å². The van der Waals surface area contributed by atoms with Gasteiger partial charge in [-0.2, -0.15) is 0 Å². The van der Waals surface area contributed by atoms with Crippen molar-refractivity contribution in [3.8, 4) is 5.75 Å². The Hall–Kier alpha value is -4.01. The van der Waals surface area contributed by atoms with Crippen LogP contribution in [-0.2, 0) is 24.4 Å². The van der Waals surface area contributed by atoms with E-state index in [0.717, 1.165) is 25.1 Å². The number of nitrogens with zero attached hydrogens (tertiary/aromatic N) is 2. The SMILES string of the molecule is C=C1CCC(N2Cc3cc(OC4CN(Cc5ccccc5F)CCC4NCc4ccccc4)ccc3C2=O)C(=O)N1. The summed E-state index contributed by atoms with van der Waals surface area (Å²) in [6.45, 7) is 6.91. The lowest BCUT2D eigenvalue weighted by atomic mass is 10.00. The lowest BCUT2D eigenvalue weighted by molar-refractivity contribution is -0.126. The second kappa shape index (κ2) is 11.8. The predicted octanol–water partition coefficient (Wildman–Crippen LogP) is 4.39. The van der Waals surface area contributed by atoms with Gasteiger partial charge in [-0.15, -0.1) is 0 Å². The van der Waals surface area contributed by atoms with E-state index in [4.69, 9.17) is 4.74 Å². The number of halogens is 1. The van der Waals surface area contributed by atoms with Crippen molar-refractivity contribution in [2.45, 2.75) is 57.1 Å². The predicted molar refractivity (Wildman–Crippen MR) is 154 cm³/mol. The second-order valence-electron chi connectivity index (χ2n) is 11.1. The molecule has 0 radical (unpaired) electrons. The van der Waals surface area contributed by atoms with E-state index in [-0.39, 0.29) is 29.8 Å². The first-order chi connectivity index (χ1) is 19.9. The first-order valence-corrected chi connectivity index (χ1v) is 14.3. The smallest absolute Gasteiger partial charge is 0.255 e. The third-order valence-corrected chi connectivity index (χ3v) is 8.30. The fraction of sp³-hybridized carbons (Fsp3) is 0.333. The summed E-state index contributed by atoms with van der Waals surface area (Å²) in [6.07, 6.45) is 1.90. The Bertz CT molecular complexity index is 1450. The maximum absolute atomic E-state index is 14.4. The molecule has 3 aromatic carbocycles. The Kier molecular flexibility index (Phi) is 7.85. The average molecular weight is 555 g/mol. The summed E-state index contributed by atoms with van der Waals surface area (Å²) in [7, 11) is 0. The van der Waals surface area contributed by atoms with Crippen LogP contribution in [0.2, 0.25) is 0 Å². The van der Waals surface area contributed by atoms with Gasteiger partial charge in [-0.3, -0.25) is 14.5 Å². The van der Waals surface area contributed by atoms with Gasteiger partial charge in [0.05, 0.1) is 0 Å². The molecule has 2 amide bonds. The van der Waals surface area contributed by atoms with Gasteiger partial charge in [0.2, 0.25) is 5.91 Å². The lowest BCUT2D eigenvalue weighted by Crippen LogP contribution is -2.54. The first kappa shape index (κ1) is 27.2. The van der Waals surface area contributed by atoms with Gasteiger partial charge in [-0.1, -0.05) is 55.1 Å². The summed E-state index contributed by atoms with van der Waals surface area (Å²) in [5, 5.41) is 6.47. The number of ether oxygens (including phenoxy) is 1. The minimum atomic E-state index is -0.498. The molecule has 6 rings (SSSR count). The third-order valence-electron chi connectivity index (χ3n) is 8.30. The minimum Gasteiger partial charge on any atom is -0.487 e. The molecule has 212 valence electrons. The normalized spacial score (nSPS) is 22.9. The van der Waals surface area contributed by atoms with Crippen LogP contribution in [0.4, 0.5) is 4.39 Å². The number of carbonyl (C=O) groups excluding carboxylic acids is 2. The number of hydrogen-bond acceptors (Lipinski definition) is 5. The number of allylic oxidation sites excluding steroid dienone is 1. The van der Waals surface area contributed by atoms with Crippen LogP contribution in [0.25, 0.3) is 0 Å². The van der Waals surface area contributed by atoms with E-state index < -0.39 is 6.04 Å². The Morgan fingerprint density at radius 3 is 2.63 bits per heavy atom. The molecule has 2 N–H and O–H groups in total. The fourth-order valence-corrected chi connectivity index (χ4v) is 6.07. The van der Waals surface area contributed by atoms with Crippen molar-refractivity contribution in [1.82, 2.24) is 20.4 Å². The molecule has 2 saturated heterocycles. The van der Waals surface area contributed by atoms with Crippen LogP contribution < -0.4 is 15.4 Å². The highest BCUT2D eigenvalue weighted by molar-refractivity contribution is 6.01. The maximum atomic E-state index is 14.4. The molecule has 0 aromatic heterocycles. The number of nitrogens with one attached hydrogen (secondary N) is 2. The van der Waals surface area contributed by atoms with Crippen molar-refractivity contribution in [3.05, 3.63) is 113 Å². The lowest BCUT2D eigenvalue weighted by Gasteiger charge is -2.39. The maximum Gasteiger partial charge on any atom is 0.255 e. The number of amides is 2. The fourth-order valence-electron chi connectivity index (χ4n) is 6.07. The number of benzene rings is 3. The molecule has 2 fully saturated rings. The van der Waals surface area contributed by atoms with E-state index in [2.05, 4.69) is 34.2 Å². The van der Waals surface area contributed by atoms with Gasteiger partial charge >= 0.3 is 0 Å². The van der Waals surface area contributed by atoms with Crippen LogP contribution in [0.15, 0.2) is 85.1 Å². The Morgan fingerprint density at radius 1 is 1.02 bits per heavy atom. The number of hydrogen-bond donors (Lipinski definition) is 2. The van der Waals surface area contributed by atoms with Crippen molar-refractivity contribution in [3.63, 3.8) is 0 Å².